The van der Waals surface area contributed by atoms with Crippen LogP contribution >= 0.6 is 23.1 Å². The highest BCUT2D eigenvalue weighted by molar-refractivity contribution is 8.03. The van der Waals surface area contributed by atoms with Gasteiger partial charge in [0.25, 0.3) is 5.01 Å². The van der Waals surface area contributed by atoms with Crippen LogP contribution in [-0.4, -0.2) is 42.9 Å². The predicted molar refractivity (Wildman–Crippen MR) is 141 cm³/mol. The minimum Gasteiger partial charge on any atom is -0.497 e. The molecule has 0 amide bonds. The van der Waals surface area contributed by atoms with Gasteiger partial charge in [0.15, 0.2) is 0 Å². The van der Waals surface area contributed by atoms with Gasteiger partial charge in [0.05, 0.1) is 37.4 Å². The summed E-state index contributed by atoms with van der Waals surface area (Å²) < 4.78 is 13.5. The summed E-state index contributed by atoms with van der Waals surface area (Å²) in [5.74, 6) is -0.420. The molecule has 0 radical (unpaired) electrons. The second-order valence-electron chi connectivity index (χ2n) is 8.04. The van der Waals surface area contributed by atoms with Crippen molar-refractivity contribution in [2.45, 2.75) is 31.2 Å². The maximum Gasteiger partial charge on any atom is 0.370 e. The van der Waals surface area contributed by atoms with E-state index in [1.807, 2.05) is 54.3 Å². The van der Waals surface area contributed by atoms with E-state index < -0.39 is 11.9 Å². The van der Waals surface area contributed by atoms with Gasteiger partial charge >= 0.3 is 11.9 Å². The number of thioether (sulfide) groups is 1. The molecule has 2 N–H and O–H groups in total. The second kappa shape index (κ2) is 11.0. The molecule has 0 bridgehead atoms. The smallest absolute Gasteiger partial charge is 0.370 e. The van der Waals surface area contributed by atoms with Crippen LogP contribution in [0.15, 0.2) is 58.0 Å². The Morgan fingerprint density at radius 1 is 1.06 bits per heavy atom. The van der Waals surface area contributed by atoms with E-state index >= 15 is 0 Å². The molecule has 0 fully saturated rings. The number of hydrogen-bond donors (Lipinski definition) is 2. The third-order valence-corrected chi connectivity index (χ3v) is 7.97. The lowest BCUT2D eigenvalue weighted by Gasteiger charge is -2.20. The van der Waals surface area contributed by atoms with E-state index in [1.165, 1.54) is 11.3 Å². The van der Waals surface area contributed by atoms with Crippen LogP contribution in [0.2, 0.25) is 0 Å². The summed E-state index contributed by atoms with van der Waals surface area (Å²) in [5, 5.41) is 20.6. The fourth-order valence-electron chi connectivity index (χ4n) is 3.93. The number of anilines is 1. The van der Waals surface area contributed by atoms with E-state index in [2.05, 4.69) is 6.08 Å². The van der Waals surface area contributed by atoms with Crippen LogP contribution in [0.5, 0.6) is 11.5 Å². The molecule has 0 unspecified atom stereocenters. The maximum absolute atomic E-state index is 11.7. The zero-order valence-corrected chi connectivity index (χ0v) is 21.8. The maximum atomic E-state index is 11.7. The number of aliphatic carboxylic acids is 2. The van der Waals surface area contributed by atoms with Crippen molar-refractivity contribution < 1.29 is 33.8 Å². The molecular formula is C26H27N2O6S2+. The van der Waals surface area contributed by atoms with Crippen LogP contribution in [0.1, 0.15) is 24.8 Å². The van der Waals surface area contributed by atoms with E-state index in [4.69, 9.17) is 9.47 Å². The number of fused-ring (bicyclic) bond motifs is 2. The van der Waals surface area contributed by atoms with Crippen LogP contribution in [-0.2, 0) is 16.1 Å². The Hall–Kier alpha value is -3.50. The van der Waals surface area contributed by atoms with Gasteiger partial charge in [0.2, 0.25) is 12.1 Å². The lowest BCUT2D eigenvalue weighted by molar-refractivity contribution is -0.657. The minimum atomic E-state index is -0.927. The first-order valence-corrected chi connectivity index (χ1v) is 13.0. The Bertz CT molecular complexity index is 1380. The number of thiazole rings is 1. The number of carboxylic acids is 2. The Balaban J connectivity index is 1.77. The summed E-state index contributed by atoms with van der Waals surface area (Å²) in [6, 6.07) is 11.4. The predicted octanol–water partition coefficient (Wildman–Crippen LogP) is 5.01. The van der Waals surface area contributed by atoms with Crippen LogP contribution in [0.25, 0.3) is 16.3 Å². The number of carboxylic acid groups (broad SMARTS) is 2. The average molecular weight is 528 g/mol. The first-order valence-electron chi connectivity index (χ1n) is 11.3. The van der Waals surface area contributed by atoms with Crippen molar-refractivity contribution >= 4 is 57.0 Å². The molecule has 10 heteroatoms. The van der Waals surface area contributed by atoms with Gasteiger partial charge in [-0.1, -0.05) is 30.0 Å². The summed E-state index contributed by atoms with van der Waals surface area (Å²) in [5.41, 5.74) is 2.71. The molecule has 0 aliphatic carbocycles. The highest BCUT2D eigenvalue weighted by Crippen LogP contribution is 2.48. The van der Waals surface area contributed by atoms with Gasteiger partial charge < -0.3 is 24.6 Å². The van der Waals surface area contributed by atoms with Crippen molar-refractivity contribution in [3.8, 4) is 11.5 Å². The summed E-state index contributed by atoms with van der Waals surface area (Å²) in [6.45, 7) is 2.20. The standard InChI is InChI=1S/C26H26N2O6S2/c1-4-16(12-24-28(15-26(31)32)20-14-18(34-3)6-8-22(20)36-24)11-23-27(10-9-25(29)30)19-13-17(33-2)5-7-21(19)35-23/h5-8,11-14H,4,9-10,15H2,1-3H3,(H-,29,30,31,32)/p+1. The zero-order chi connectivity index (χ0) is 25.8. The molecule has 0 saturated carbocycles. The molecule has 36 heavy (non-hydrogen) atoms. The number of hydrogen-bond acceptors (Lipinski definition) is 7. The molecule has 3 aromatic rings. The van der Waals surface area contributed by atoms with E-state index in [0.717, 1.165) is 36.4 Å². The molecule has 8 nitrogen and oxygen atoms in total. The molecule has 188 valence electrons. The van der Waals surface area contributed by atoms with Crippen molar-refractivity contribution in [2.24, 2.45) is 0 Å². The summed E-state index contributed by atoms with van der Waals surface area (Å²) >= 11 is 3.10. The topological polar surface area (TPSA) is 100 Å². The fourth-order valence-corrected chi connectivity index (χ4v) is 6.19. The third kappa shape index (κ3) is 5.50. The van der Waals surface area contributed by atoms with Crippen LogP contribution in [0, 0.1) is 0 Å². The fraction of sp³-hybridized carbons (Fsp3) is 0.269. The number of aromatic nitrogens is 1. The van der Waals surface area contributed by atoms with Gasteiger partial charge in [0.1, 0.15) is 16.2 Å². The van der Waals surface area contributed by atoms with Gasteiger partial charge in [-0.3, -0.25) is 4.79 Å². The Labute approximate surface area is 217 Å². The largest absolute Gasteiger partial charge is 0.497 e. The molecule has 1 aliphatic heterocycles. The van der Waals surface area contributed by atoms with Gasteiger partial charge in [-0.2, -0.15) is 4.57 Å². The molecule has 1 aromatic heterocycles. The highest BCUT2D eigenvalue weighted by Gasteiger charge is 2.27. The number of allylic oxidation sites excluding steroid dienone is 2. The minimum absolute atomic E-state index is 0.00349. The number of carbonyl (C=O) groups is 2. The molecule has 2 aromatic carbocycles. The van der Waals surface area contributed by atoms with E-state index in [-0.39, 0.29) is 13.0 Å². The normalized spacial score (nSPS) is 14.4. The Morgan fingerprint density at radius 3 is 2.44 bits per heavy atom. The van der Waals surface area contributed by atoms with Crippen LogP contribution < -0.4 is 18.9 Å². The lowest BCUT2D eigenvalue weighted by Crippen LogP contribution is -2.39. The third-order valence-electron chi connectivity index (χ3n) is 5.74. The van der Waals surface area contributed by atoms with Gasteiger partial charge in [0, 0.05) is 23.6 Å². The molecule has 2 heterocycles. The monoisotopic (exact) mass is 527 g/mol. The summed E-state index contributed by atoms with van der Waals surface area (Å²) in [4.78, 5) is 26.0. The highest BCUT2D eigenvalue weighted by atomic mass is 32.2. The molecule has 4 rings (SSSR count). The zero-order valence-electron chi connectivity index (χ0n) is 20.2. The molecule has 0 saturated heterocycles. The average Bonchev–Trinajstić information content (AvgIpc) is 3.37. The first-order chi connectivity index (χ1) is 17.3. The van der Waals surface area contributed by atoms with Crippen molar-refractivity contribution in [3.05, 3.63) is 58.1 Å². The van der Waals surface area contributed by atoms with E-state index in [9.17, 15) is 19.8 Å². The molecule has 1 aliphatic rings. The van der Waals surface area contributed by atoms with Crippen molar-refractivity contribution in [1.29, 1.82) is 0 Å². The first kappa shape index (κ1) is 25.6. The van der Waals surface area contributed by atoms with E-state index in [0.29, 0.717) is 24.5 Å². The van der Waals surface area contributed by atoms with Gasteiger partial charge in [-0.15, -0.1) is 0 Å². The Morgan fingerprint density at radius 2 is 1.78 bits per heavy atom. The van der Waals surface area contributed by atoms with Crippen molar-refractivity contribution in [3.63, 3.8) is 0 Å². The van der Waals surface area contributed by atoms with Gasteiger partial charge in [-0.05, 0) is 42.3 Å². The molecule has 0 atom stereocenters. The lowest BCUT2D eigenvalue weighted by atomic mass is 10.2. The number of methoxy groups -OCH3 is 2. The second-order valence-corrected chi connectivity index (χ2v) is 10.2. The number of rotatable bonds is 10. The van der Waals surface area contributed by atoms with Crippen molar-refractivity contribution in [2.75, 3.05) is 25.7 Å². The van der Waals surface area contributed by atoms with Crippen LogP contribution in [0.4, 0.5) is 5.69 Å². The Kier molecular flexibility index (Phi) is 7.85. The van der Waals surface area contributed by atoms with Crippen LogP contribution in [0.3, 0.4) is 0 Å². The summed E-state index contributed by atoms with van der Waals surface area (Å²) in [6.07, 6.45) is 4.76. The summed E-state index contributed by atoms with van der Waals surface area (Å²) in [7, 11) is 3.19. The van der Waals surface area contributed by atoms with Crippen molar-refractivity contribution in [1.82, 2.24) is 0 Å². The van der Waals surface area contributed by atoms with E-state index in [1.54, 1.807) is 30.5 Å². The number of nitrogens with zero attached hydrogens (tertiary/aromatic N) is 2. The number of benzene rings is 2. The number of ether oxygens (including phenoxy) is 2. The SMILES string of the molecule is CCC(=Cc1sc2ccc(OC)cc2[n+]1CC(=O)O)C=C1Sc2ccc(OC)cc2N1CCC(=O)O. The molecule has 0 spiro atoms. The molecular weight excluding hydrogens is 500 g/mol. The quantitative estimate of drug-likeness (QED) is 0.355. The van der Waals surface area contributed by atoms with Gasteiger partial charge in [-0.25, -0.2) is 4.79 Å².